The molecular formula is C25H28N2O4. The van der Waals surface area contributed by atoms with E-state index in [1.807, 2.05) is 56.0 Å². The maximum atomic E-state index is 13.3. The number of ether oxygens (including phenoxy) is 1. The molecule has 2 amide bonds. The molecular weight excluding hydrogens is 392 g/mol. The molecule has 0 aromatic heterocycles. The summed E-state index contributed by atoms with van der Waals surface area (Å²) in [5.74, 6) is -0.144. The zero-order valence-corrected chi connectivity index (χ0v) is 18.5. The predicted molar refractivity (Wildman–Crippen MR) is 118 cm³/mol. The van der Waals surface area contributed by atoms with Crippen molar-refractivity contribution in [3.8, 4) is 11.1 Å². The fourth-order valence-electron chi connectivity index (χ4n) is 4.35. The Morgan fingerprint density at radius 3 is 2.45 bits per heavy atom. The van der Waals surface area contributed by atoms with Gasteiger partial charge in [-0.15, -0.1) is 0 Å². The highest BCUT2D eigenvalue weighted by Gasteiger charge is 2.33. The number of likely N-dealkylation sites (tertiary alicyclic amines) is 1. The summed E-state index contributed by atoms with van der Waals surface area (Å²) in [7, 11) is 1.69. The Morgan fingerprint density at radius 2 is 1.74 bits per heavy atom. The van der Waals surface area contributed by atoms with Crippen LogP contribution in [0.5, 0.6) is 0 Å². The summed E-state index contributed by atoms with van der Waals surface area (Å²) in [5.41, 5.74) is 2.99. The van der Waals surface area contributed by atoms with Crippen LogP contribution in [-0.4, -0.2) is 59.4 Å². The summed E-state index contributed by atoms with van der Waals surface area (Å²) in [6.45, 7) is 6.54. The minimum absolute atomic E-state index is 0.0390. The smallest absolute Gasteiger partial charge is 0.410 e. The first-order chi connectivity index (χ1) is 14.7. The lowest BCUT2D eigenvalue weighted by Gasteiger charge is -2.30. The quantitative estimate of drug-likeness (QED) is 0.631. The normalized spacial score (nSPS) is 17.4. The number of hydrogen-bond acceptors (Lipinski definition) is 4. The Labute approximate surface area is 182 Å². The number of carbonyl (C=O) groups excluding carboxylic acids is 3. The van der Waals surface area contributed by atoms with Gasteiger partial charge in [0.1, 0.15) is 5.60 Å². The molecule has 2 aromatic rings. The zero-order valence-electron chi connectivity index (χ0n) is 18.5. The molecule has 31 heavy (non-hydrogen) atoms. The van der Waals surface area contributed by atoms with E-state index in [2.05, 4.69) is 0 Å². The second kappa shape index (κ2) is 7.84. The van der Waals surface area contributed by atoms with Crippen molar-refractivity contribution in [1.29, 1.82) is 0 Å². The van der Waals surface area contributed by atoms with Gasteiger partial charge in [0.2, 0.25) is 0 Å². The van der Waals surface area contributed by atoms with E-state index in [0.29, 0.717) is 29.8 Å². The van der Waals surface area contributed by atoms with E-state index in [0.717, 1.165) is 24.0 Å². The van der Waals surface area contributed by atoms with Crippen molar-refractivity contribution in [2.45, 2.75) is 45.3 Å². The molecule has 4 rings (SSSR count). The summed E-state index contributed by atoms with van der Waals surface area (Å²) in [6, 6.07) is 12.8. The van der Waals surface area contributed by atoms with Crippen molar-refractivity contribution < 1.29 is 19.1 Å². The number of likely N-dealkylation sites (N-methyl/N-ethyl adjacent to an activating group) is 1. The number of nitrogens with zero attached hydrogens (tertiary/aromatic N) is 2. The summed E-state index contributed by atoms with van der Waals surface area (Å²) < 4.78 is 5.43. The van der Waals surface area contributed by atoms with Crippen LogP contribution in [0.3, 0.4) is 0 Å². The van der Waals surface area contributed by atoms with Crippen molar-refractivity contribution >= 4 is 17.8 Å². The van der Waals surface area contributed by atoms with Crippen molar-refractivity contribution in [3.05, 3.63) is 59.2 Å². The maximum Gasteiger partial charge on any atom is 0.410 e. The van der Waals surface area contributed by atoms with Gasteiger partial charge in [-0.25, -0.2) is 4.79 Å². The molecule has 0 saturated carbocycles. The number of fused-ring (bicyclic) bond motifs is 3. The van der Waals surface area contributed by atoms with E-state index < -0.39 is 11.7 Å². The van der Waals surface area contributed by atoms with Crippen LogP contribution in [0.2, 0.25) is 0 Å². The third-order valence-electron chi connectivity index (χ3n) is 5.80. The number of rotatable bonds is 3. The molecule has 0 unspecified atom stereocenters. The van der Waals surface area contributed by atoms with Gasteiger partial charge in [-0.1, -0.05) is 30.3 Å². The first kappa shape index (κ1) is 21.1. The highest BCUT2D eigenvalue weighted by Crippen LogP contribution is 2.37. The molecule has 1 atom stereocenters. The lowest BCUT2D eigenvalue weighted by Crippen LogP contribution is -2.45. The van der Waals surface area contributed by atoms with Crippen molar-refractivity contribution in [2.24, 2.45) is 0 Å². The van der Waals surface area contributed by atoms with Crippen LogP contribution in [0.4, 0.5) is 4.79 Å². The Bertz CT molecular complexity index is 1050. The average Bonchev–Trinajstić information content (AvgIpc) is 3.29. The molecule has 2 aromatic carbocycles. The van der Waals surface area contributed by atoms with Gasteiger partial charge in [0, 0.05) is 42.9 Å². The number of benzene rings is 2. The molecule has 1 aliphatic heterocycles. The minimum Gasteiger partial charge on any atom is -0.444 e. The Kier molecular flexibility index (Phi) is 5.33. The van der Waals surface area contributed by atoms with Crippen LogP contribution in [0.15, 0.2) is 42.5 Å². The van der Waals surface area contributed by atoms with Crippen LogP contribution in [0.1, 0.15) is 59.9 Å². The Hall–Kier alpha value is -3.15. The molecule has 1 saturated heterocycles. The highest BCUT2D eigenvalue weighted by molar-refractivity contribution is 6.22. The van der Waals surface area contributed by atoms with Crippen LogP contribution in [-0.2, 0) is 4.74 Å². The number of ketones is 1. The molecule has 1 aliphatic carbocycles. The van der Waals surface area contributed by atoms with Crippen LogP contribution in [0, 0.1) is 0 Å². The largest absolute Gasteiger partial charge is 0.444 e. The molecule has 6 nitrogen and oxygen atoms in total. The summed E-state index contributed by atoms with van der Waals surface area (Å²) >= 11 is 0. The van der Waals surface area contributed by atoms with Crippen LogP contribution in [0.25, 0.3) is 11.1 Å². The van der Waals surface area contributed by atoms with Gasteiger partial charge in [0.15, 0.2) is 5.78 Å². The van der Waals surface area contributed by atoms with Gasteiger partial charge in [0.25, 0.3) is 5.91 Å². The van der Waals surface area contributed by atoms with E-state index in [1.165, 1.54) is 4.90 Å². The number of amides is 2. The SMILES string of the molecule is CN(C[C@@H]1CCCN1C(=O)c1ccc2c(c1)C(=O)c1ccccc1-2)C(=O)OC(C)(C)C. The fourth-order valence-corrected chi connectivity index (χ4v) is 4.35. The van der Waals surface area contributed by atoms with Crippen LogP contribution < -0.4 is 0 Å². The predicted octanol–water partition coefficient (Wildman–Crippen LogP) is 4.37. The maximum absolute atomic E-state index is 13.3. The number of carbonyl (C=O) groups is 3. The van der Waals surface area contributed by atoms with Gasteiger partial charge in [0.05, 0.1) is 0 Å². The van der Waals surface area contributed by atoms with Gasteiger partial charge in [-0.3, -0.25) is 9.59 Å². The Morgan fingerprint density at radius 1 is 1.06 bits per heavy atom. The van der Waals surface area contributed by atoms with Gasteiger partial charge >= 0.3 is 6.09 Å². The fraction of sp³-hybridized carbons (Fsp3) is 0.400. The second-order valence-electron chi connectivity index (χ2n) is 9.29. The van der Waals surface area contributed by atoms with Gasteiger partial charge in [-0.05, 0) is 56.9 Å². The topological polar surface area (TPSA) is 66.9 Å². The molecule has 6 heteroatoms. The molecule has 2 aliphatic rings. The molecule has 0 radical (unpaired) electrons. The van der Waals surface area contributed by atoms with E-state index in [4.69, 9.17) is 4.74 Å². The summed E-state index contributed by atoms with van der Waals surface area (Å²) in [5, 5.41) is 0. The standard InChI is InChI=1S/C25H28N2O4/c1-25(2,3)31-24(30)26(4)15-17-8-7-13-27(17)23(29)16-11-12-19-18-9-5-6-10-20(18)22(28)21(19)14-16/h5-6,9-12,14,17H,7-8,13,15H2,1-4H3/t17-/m0/s1. The van der Waals surface area contributed by atoms with Crippen molar-refractivity contribution in [1.82, 2.24) is 9.80 Å². The number of hydrogen-bond donors (Lipinski definition) is 0. The van der Waals surface area contributed by atoms with E-state index in [-0.39, 0.29) is 17.7 Å². The lowest BCUT2D eigenvalue weighted by molar-refractivity contribution is 0.0252. The summed E-state index contributed by atoms with van der Waals surface area (Å²) in [4.78, 5) is 41.8. The van der Waals surface area contributed by atoms with Crippen LogP contribution >= 0.6 is 0 Å². The molecule has 1 heterocycles. The third kappa shape index (κ3) is 4.07. The monoisotopic (exact) mass is 420 g/mol. The summed E-state index contributed by atoms with van der Waals surface area (Å²) in [6.07, 6.45) is 1.31. The zero-order chi connectivity index (χ0) is 22.3. The van der Waals surface area contributed by atoms with Gasteiger partial charge in [-0.2, -0.15) is 0 Å². The van der Waals surface area contributed by atoms with E-state index >= 15 is 0 Å². The van der Waals surface area contributed by atoms with E-state index in [9.17, 15) is 14.4 Å². The molecule has 1 fully saturated rings. The van der Waals surface area contributed by atoms with E-state index in [1.54, 1.807) is 19.2 Å². The minimum atomic E-state index is -0.564. The lowest BCUT2D eigenvalue weighted by atomic mass is 10.0. The Balaban J connectivity index is 1.51. The molecule has 0 spiro atoms. The first-order valence-electron chi connectivity index (χ1n) is 10.7. The molecule has 0 N–H and O–H groups in total. The molecule has 162 valence electrons. The van der Waals surface area contributed by atoms with Gasteiger partial charge < -0.3 is 14.5 Å². The van der Waals surface area contributed by atoms with Crippen molar-refractivity contribution in [2.75, 3.05) is 20.1 Å². The first-order valence-corrected chi connectivity index (χ1v) is 10.7. The highest BCUT2D eigenvalue weighted by atomic mass is 16.6. The van der Waals surface area contributed by atoms with Crippen molar-refractivity contribution in [3.63, 3.8) is 0 Å². The molecule has 0 bridgehead atoms. The third-order valence-corrected chi connectivity index (χ3v) is 5.80. The second-order valence-corrected chi connectivity index (χ2v) is 9.29. The average molecular weight is 421 g/mol.